The summed E-state index contributed by atoms with van der Waals surface area (Å²) >= 11 is 0. The van der Waals surface area contributed by atoms with Crippen molar-refractivity contribution in [2.75, 3.05) is 0 Å². The monoisotopic (exact) mass is 743 g/mol. The summed E-state index contributed by atoms with van der Waals surface area (Å²) in [7, 11) is 0. The molecule has 13 rings (SSSR count). The van der Waals surface area contributed by atoms with Crippen LogP contribution in [0.1, 0.15) is 48.8 Å². The molecule has 3 heteroatoms. The largest absolute Gasteiger partial charge is 0.228 e. The number of nitriles is 1. The molecule has 5 aliphatic rings. The summed E-state index contributed by atoms with van der Waals surface area (Å²) in [6.45, 7) is 0. The summed E-state index contributed by atoms with van der Waals surface area (Å²) in [5, 5.41) is 12.4. The fraction of sp³-hybridized carbons (Fsp3) is 0.182. The third kappa shape index (κ3) is 5.11. The van der Waals surface area contributed by atoms with Crippen LogP contribution in [0.3, 0.4) is 0 Å². The zero-order valence-corrected chi connectivity index (χ0v) is 32.3. The second-order valence-electron chi connectivity index (χ2n) is 17.3. The van der Waals surface area contributed by atoms with Crippen molar-refractivity contribution in [3.8, 4) is 73.4 Å². The molecule has 8 aromatic rings. The second-order valence-corrected chi connectivity index (χ2v) is 17.3. The van der Waals surface area contributed by atoms with Gasteiger partial charge in [0.15, 0.2) is 5.82 Å². The second kappa shape index (κ2) is 12.9. The van der Waals surface area contributed by atoms with Gasteiger partial charge in [-0.15, -0.1) is 0 Å². The molecule has 0 atom stereocenters. The first-order valence-electron chi connectivity index (χ1n) is 21.0. The van der Waals surface area contributed by atoms with Crippen molar-refractivity contribution in [2.45, 2.75) is 37.5 Å². The summed E-state index contributed by atoms with van der Waals surface area (Å²) in [6, 6.07) is 61.2. The molecule has 1 aromatic heterocycles. The number of fused-ring (bicyclic) bond motifs is 5. The Kier molecular flexibility index (Phi) is 7.48. The van der Waals surface area contributed by atoms with Gasteiger partial charge in [-0.25, -0.2) is 9.97 Å². The van der Waals surface area contributed by atoms with Gasteiger partial charge in [-0.2, -0.15) is 5.26 Å². The van der Waals surface area contributed by atoms with E-state index in [0.29, 0.717) is 11.4 Å². The zero-order chi connectivity index (χ0) is 38.4. The van der Waals surface area contributed by atoms with Crippen LogP contribution in [0.25, 0.3) is 78.1 Å². The van der Waals surface area contributed by atoms with Gasteiger partial charge in [-0.05, 0) is 135 Å². The van der Waals surface area contributed by atoms with Crippen LogP contribution < -0.4 is 0 Å². The van der Waals surface area contributed by atoms with E-state index < -0.39 is 0 Å². The number of rotatable bonds is 5. The standard InChI is InChI=1S/C55H41N3/c56-33-34-7-6-11-44(26-34)52-32-51(41-9-2-1-3-10-41)57-54(58-52)42-19-17-38(18-20-42)37-13-15-39(16-14-37)43-22-23-48-49-24-21-40-8-4-5-12-47(40)53(49)55(50(48)31-43)45-27-35-25-36(29-45)30-46(55)28-35/h1-24,26,31-32,35-36,45-46H,25,27-30H2. The van der Waals surface area contributed by atoms with Gasteiger partial charge in [-0.1, -0.05) is 140 Å². The molecule has 4 saturated carbocycles. The highest BCUT2D eigenvalue weighted by atomic mass is 14.9. The molecule has 276 valence electrons. The summed E-state index contributed by atoms with van der Waals surface area (Å²) in [5.74, 6) is 3.94. The average Bonchev–Trinajstić information content (AvgIpc) is 3.59. The maximum Gasteiger partial charge on any atom is 0.160 e. The highest BCUT2D eigenvalue weighted by Crippen LogP contribution is 2.70. The lowest BCUT2D eigenvalue weighted by Crippen LogP contribution is -2.55. The summed E-state index contributed by atoms with van der Waals surface area (Å²) in [4.78, 5) is 10.0. The lowest BCUT2D eigenvalue weighted by Gasteiger charge is -2.61. The van der Waals surface area contributed by atoms with E-state index in [1.54, 1.807) is 11.1 Å². The molecular weight excluding hydrogens is 703 g/mol. The molecule has 4 bridgehead atoms. The molecule has 0 N–H and O–H groups in total. The SMILES string of the molecule is N#Cc1cccc(-c2cc(-c3ccccc3)nc(-c3ccc(-c4ccc(-c5ccc6c(c5)C5(c7c-6ccc6ccccc76)C6CC7CC(C6)CC5C7)cc4)cc3)n2)c1. The molecule has 7 aromatic carbocycles. The van der Waals surface area contributed by atoms with Gasteiger partial charge in [0.25, 0.3) is 0 Å². The molecule has 3 nitrogen and oxygen atoms in total. The highest BCUT2D eigenvalue weighted by Gasteiger charge is 2.62. The fourth-order valence-corrected chi connectivity index (χ4v) is 12.0. The minimum Gasteiger partial charge on any atom is -0.228 e. The summed E-state index contributed by atoms with van der Waals surface area (Å²) < 4.78 is 0. The third-order valence-electron chi connectivity index (χ3n) is 14.3. The van der Waals surface area contributed by atoms with E-state index in [1.807, 2.05) is 48.5 Å². The van der Waals surface area contributed by atoms with Crippen molar-refractivity contribution >= 4 is 10.8 Å². The van der Waals surface area contributed by atoms with Crippen molar-refractivity contribution < 1.29 is 0 Å². The van der Waals surface area contributed by atoms with Crippen LogP contribution in [-0.2, 0) is 5.41 Å². The Balaban J connectivity index is 0.885. The Morgan fingerprint density at radius 3 is 1.76 bits per heavy atom. The predicted octanol–water partition coefficient (Wildman–Crippen LogP) is 13.6. The summed E-state index contributed by atoms with van der Waals surface area (Å²) in [6.07, 6.45) is 7.00. The first kappa shape index (κ1) is 33.5. The zero-order valence-electron chi connectivity index (χ0n) is 32.3. The van der Waals surface area contributed by atoms with Crippen molar-refractivity contribution in [2.24, 2.45) is 23.7 Å². The van der Waals surface area contributed by atoms with Gasteiger partial charge in [0, 0.05) is 22.1 Å². The van der Waals surface area contributed by atoms with Crippen molar-refractivity contribution in [3.05, 3.63) is 180 Å². The molecule has 4 fully saturated rings. The van der Waals surface area contributed by atoms with E-state index in [1.165, 1.54) is 70.7 Å². The average molecular weight is 744 g/mol. The van der Waals surface area contributed by atoms with Gasteiger partial charge in [0.05, 0.1) is 23.0 Å². The molecule has 58 heavy (non-hydrogen) atoms. The molecular formula is C55H41N3. The molecule has 1 heterocycles. The van der Waals surface area contributed by atoms with E-state index in [2.05, 4.69) is 121 Å². The number of hydrogen-bond donors (Lipinski definition) is 0. The quantitative estimate of drug-likeness (QED) is 0.176. The van der Waals surface area contributed by atoms with Crippen LogP contribution in [-0.4, -0.2) is 9.97 Å². The van der Waals surface area contributed by atoms with Crippen molar-refractivity contribution in [1.82, 2.24) is 9.97 Å². The Morgan fingerprint density at radius 2 is 1.05 bits per heavy atom. The van der Waals surface area contributed by atoms with E-state index in [4.69, 9.17) is 9.97 Å². The molecule has 0 amide bonds. The van der Waals surface area contributed by atoms with Gasteiger partial charge in [0.2, 0.25) is 0 Å². The number of benzene rings is 7. The summed E-state index contributed by atoms with van der Waals surface area (Å²) in [5.41, 5.74) is 16.3. The van der Waals surface area contributed by atoms with E-state index in [9.17, 15) is 5.26 Å². The van der Waals surface area contributed by atoms with Crippen LogP contribution in [0, 0.1) is 35.0 Å². The lowest BCUT2D eigenvalue weighted by molar-refractivity contribution is -0.0393. The van der Waals surface area contributed by atoms with Gasteiger partial charge < -0.3 is 0 Å². The Hall–Kier alpha value is -6.63. The molecule has 0 aliphatic heterocycles. The van der Waals surface area contributed by atoms with Crippen molar-refractivity contribution in [1.29, 1.82) is 5.26 Å². The predicted molar refractivity (Wildman–Crippen MR) is 235 cm³/mol. The Labute approximate surface area is 339 Å². The number of aromatic nitrogens is 2. The number of nitrogens with zero attached hydrogens (tertiary/aromatic N) is 3. The molecule has 0 radical (unpaired) electrons. The van der Waals surface area contributed by atoms with Crippen LogP contribution in [0.5, 0.6) is 0 Å². The van der Waals surface area contributed by atoms with Crippen LogP contribution in [0.4, 0.5) is 0 Å². The van der Waals surface area contributed by atoms with E-state index in [0.717, 1.165) is 57.3 Å². The lowest BCUT2D eigenvalue weighted by atomic mass is 9.43. The van der Waals surface area contributed by atoms with E-state index in [-0.39, 0.29) is 5.41 Å². The molecule has 0 unspecified atom stereocenters. The Morgan fingerprint density at radius 1 is 0.466 bits per heavy atom. The van der Waals surface area contributed by atoms with Gasteiger partial charge >= 0.3 is 0 Å². The first-order valence-corrected chi connectivity index (χ1v) is 21.0. The minimum atomic E-state index is 0.114. The van der Waals surface area contributed by atoms with Crippen LogP contribution in [0.2, 0.25) is 0 Å². The first-order chi connectivity index (χ1) is 28.6. The molecule has 5 aliphatic carbocycles. The topological polar surface area (TPSA) is 49.6 Å². The fourth-order valence-electron chi connectivity index (χ4n) is 12.0. The van der Waals surface area contributed by atoms with Crippen LogP contribution in [0.15, 0.2) is 164 Å². The van der Waals surface area contributed by atoms with Crippen LogP contribution >= 0.6 is 0 Å². The maximum atomic E-state index is 9.56. The van der Waals surface area contributed by atoms with E-state index >= 15 is 0 Å². The maximum absolute atomic E-state index is 9.56. The third-order valence-corrected chi connectivity index (χ3v) is 14.3. The molecule has 1 spiro atoms. The smallest absolute Gasteiger partial charge is 0.160 e. The highest BCUT2D eigenvalue weighted by molar-refractivity contribution is 5.98. The molecule has 0 saturated heterocycles. The van der Waals surface area contributed by atoms with Gasteiger partial charge in [-0.3, -0.25) is 0 Å². The van der Waals surface area contributed by atoms with Gasteiger partial charge in [0.1, 0.15) is 0 Å². The normalized spacial score (nSPS) is 22.2. The number of hydrogen-bond acceptors (Lipinski definition) is 3. The van der Waals surface area contributed by atoms with Crippen molar-refractivity contribution in [3.63, 3.8) is 0 Å². The Bertz CT molecular complexity index is 2930. The minimum absolute atomic E-state index is 0.114.